The van der Waals surface area contributed by atoms with Crippen LogP contribution >= 0.6 is 0 Å². The van der Waals surface area contributed by atoms with E-state index in [1.807, 2.05) is 18.2 Å². The monoisotopic (exact) mass is 356 g/mol. The first-order valence-electron chi connectivity index (χ1n) is 8.43. The second-order valence-corrected chi connectivity index (χ2v) is 8.60. The maximum Gasteiger partial charge on any atom is 0.251 e. The molecular formula is C19H20N2O3S. The number of rotatable bonds is 3. The highest BCUT2D eigenvalue weighted by atomic mass is 32.2. The Balaban J connectivity index is 1.55. The summed E-state index contributed by atoms with van der Waals surface area (Å²) in [5.74, 6) is -0.109. The molecule has 1 amide bonds. The molecule has 0 radical (unpaired) electrons. The summed E-state index contributed by atoms with van der Waals surface area (Å²) in [4.78, 5) is 12.6. The minimum absolute atomic E-state index is 0.0458. The van der Waals surface area contributed by atoms with Gasteiger partial charge in [-0.05, 0) is 54.2 Å². The molecule has 130 valence electrons. The summed E-state index contributed by atoms with van der Waals surface area (Å²) in [6.07, 6.45) is 3.74. The maximum atomic E-state index is 12.6. The maximum absolute atomic E-state index is 12.6. The Hall–Kier alpha value is -2.34. The Labute approximate surface area is 147 Å². The van der Waals surface area contributed by atoms with Gasteiger partial charge in [-0.1, -0.05) is 24.3 Å². The fourth-order valence-corrected chi connectivity index (χ4v) is 4.76. The molecule has 6 heteroatoms. The minimum Gasteiger partial charge on any atom is -0.345 e. The number of sulfonamides is 1. The van der Waals surface area contributed by atoms with Gasteiger partial charge in [0.15, 0.2) is 0 Å². The van der Waals surface area contributed by atoms with Crippen LogP contribution in [0.3, 0.4) is 0 Å². The topological polar surface area (TPSA) is 66.5 Å². The first-order valence-corrected chi connectivity index (χ1v) is 10.3. The summed E-state index contributed by atoms with van der Waals surface area (Å²) in [6, 6.07) is 13.5. The molecule has 2 aliphatic rings. The second kappa shape index (κ2) is 5.88. The zero-order chi connectivity index (χ0) is 17.6. The SMILES string of the molecule is CS(=O)(=O)N1CCc2cc(C(=O)N[C@H]3CCc4ccccc43)ccc21. The molecule has 1 aliphatic carbocycles. The van der Waals surface area contributed by atoms with Crippen molar-refractivity contribution in [2.24, 2.45) is 0 Å². The van der Waals surface area contributed by atoms with Gasteiger partial charge in [0.25, 0.3) is 5.91 Å². The Morgan fingerprint density at radius 2 is 1.92 bits per heavy atom. The highest BCUT2D eigenvalue weighted by Gasteiger charge is 2.28. The van der Waals surface area contributed by atoms with E-state index in [0.29, 0.717) is 24.2 Å². The van der Waals surface area contributed by atoms with Crippen molar-refractivity contribution in [3.05, 3.63) is 64.7 Å². The first-order chi connectivity index (χ1) is 11.9. The van der Waals surface area contributed by atoms with Gasteiger partial charge in [-0.2, -0.15) is 0 Å². The number of carbonyl (C=O) groups excluding carboxylic acids is 1. The van der Waals surface area contributed by atoms with E-state index in [0.717, 1.165) is 18.4 Å². The van der Waals surface area contributed by atoms with E-state index >= 15 is 0 Å². The van der Waals surface area contributed by atoms with Crippen LogP contribution in [0.1, 0.15) is 39.5 Å². The van der Waals surface area contributed by atoms with Crippen molar-refractivity contribution in [1.82, 2.24) is 5.32 Å². The number of fused-ring (bicyclic) bond motifs is 2. The molecule has 2 aromatic rings. The molecule has 0 unspecified atom stereocenters. The molecule has 1 heterocycles. The fourth-order valence-electron chi connectivity index (χ4n) is 3.81. The van der Waals surface area contributed by atoms with Crippen molar-refractivity contribution in [2.75, 3.05) is 17.1 Å². The first kappa shape index (κ1) is 16.1. The predicted molar refractivity (Wildman–Crippen MR) is 97.3 cm³/mol. The van der Waals surface area contributed by atoms with E-state index in [4.69, 9.17) is 0 Å². The molecular weight excluding hydrogens is 336 g/mol. The third-order valence-electron chi connectivity index (χ3n) is 5.03. The lowest BCUT2D eigenvalue weighted by Gasteiger charge is -2.17. The van der Waals surface area contributed by atoms with Crippen LogP contribution in [0, 0.1) is 0 Å². The number of benzene rings is 2. The molecule has 0 saturated heterocycles. The number of aryl methyl sites for hydroxylation is 1. The Kier molecular flexibility index (Phi) is 3.80. The molecule has 1 atom stereocenters. The van der Waals surface area contributed by atoms with Gasteiger partial charge < -0.3 is 5.32 Å². The lowest BCUT2D eigenvalue weighted by atomic mass is 10.1. The summed E-state index contributed by atoms with van der Waals surface area (Å²) < 4.78 is 25.0. The largest absolute Gasteiger partial charge is 0.345 e. The van der Waals surface area contributed by atoms with Crippen molar-refractivity contribution < 1.29 is 13.2 Å². The van der Waals surface area contributed by atoms with E-state index < -0.39 is 10.0 Å². The summed E-state index contributed by atoms with van der Waals surface area (Å²) in [7, 11) is -3.27. The smallest absolute Gasteiger partial charge is 0.251 e. The average Bonchev–Trinajstić information content (AvgIpc) is 3.18. The van der Waals surface area contributed by atoms with Crippen LogP contribution in [0.25, 0.3) is 0 Å². The predicted octanol–water partition coefficient (Wildman–Crippen LogP) is 2.43. The van der Waals surface area contributed by atoms with Crippen LogP contribution < -0.4 is 9.62 Å². The molecule has 0 fully saturated rings. The number of nitrogens with zero attached hydrogens (tertiary/aromatic N) is 1. The molecule has 5 nitrogen and oxygen atoms in total. The van der Waals surface area contributed by atoms with Crippen LogP contribution in [-0.4, -0.2) is 27.1 Å². The van der Waals surface area contributed by atoms with Crippen molar-refractivity contribution in [3.8, 4) is 0 Å². The zero-order valence-electron chi connectivity index (χ0n) is 14.0. The van der Waals surface area contributed by atoms with Gasteiger partial charge in [-0.15, -0.1) is 0 Å². The summed E-state index contributed by atoms with van der Waals surface area (Å²) in [5, 5.41) is 3.11. The highest BCUT2D eigenvalue weighted by molar-refractivity contribution is 7.92. The number of nitrogens with one attached hydrogen (secondary N) is 1. The fraction of sp³-hybridized carbons (Fsp3) is 0.316. The Bertz CT molecular complexity index is 953. The van der Waals surface area contributed by atoms with Gasteiger partial charge in [-0.3, -0.25) is 9.10 Å². The van der Waals surface area contributed by atoms with E-state index in [1.165, 1.54) is 21.7 Å². The summed E-state index contributed by atoms with van der Waals surface area (Å²) >= 11 is 0. The third kappa shape index (κ3) is 2.91. The molecule has 0 bridgehead atoms. The Morgan fingerprint density at radius 3 is 2.72 bits per heavy atom. The number of hydrogen-bond donors (Lipinski definition) is 1. The third-order valence-corrected chi connectivity index (χ3v) is 6.21. The van der Waals surface area contributed by atoms with E-state index in [-0.39, 0.29) is 11.9 Å². The summed E-state index contributed by atoms with van der Waals surface area (Å²) in [6.45, 7) is 0.440. The molecule has 1 N–H and O–H groups in total. The van der Waals surface area contributed by atoms with Crippen molar-refractivity contribution >= 4 is 21.6 Å². The van der Waals surface area contributed by atoms with Crippen LogP contribution in [-0.2, 0) is 22.9 Å². The number of amides is 1. The average molecular weight is 356 g/mol. The quantitative estimate of drug-likeness (QED) is 0.918. The van der Waals surface area contributed by atoms with Gasteiger partial charge in [0.05, 0.1) is 18.0 Å². The number of hydrogen-bond acceptors (Lipinski definition) is 3. The number of carbonyl (C=O) groups is 1. The minimum atomic E-state index is -3.27. The molecule has 0 aromatic heterocycles. The van der Waals surface area contributed by atoms with Crippen LogP contribution in [0.4, 0.5) is 5.69 Å². The molecule has 4 rings (SSSR count). The number of anilines is 1. The van der Waals surface area contributed by atoms with Crippen molar-refractivity contribution in [1.29, 1.82) is 0 Å². The second-order valence-electron chi connectivity index (χ2n) is 6.69. The highest BCUT2D eigenvalue weighted by Crippen LogP contribution is 2.33. The lowest BCUT2D eigenvalue weighted by Crippen LogP contribution is -2.28. The van der Waals surface area contributed by atoms with Gasteiger partial charge in [-0.25, -0.2) is 8.42 Å². The Morgan fingerprint density at radius 1 is 1.12 bits per heavy atom. The summed E-state index contributed by atoms with van der Waals surface area (Å²) in [5.41, 5.74) is 4.67. The normalized spacial score (nSPS) is 18.8. The zero-order valence-corrected chi connectivity index (χ0v) is 14.8. The lowest BCUT2D eigenvalue weighted by molar-refractivity contribution is 0.0936. The molecule has 2 aromatic carbocycles. The van der Waals surface area contributed by atoms with Gasteiger partial charge in [0.1, 0.15) is 0 Å². The van der Waals surface area contributed by atoms with E-state index in [9.17, 15) is 13.2 Å². The van der Waals surface area contributed by atoms with Crippen LogP contribution in [0.2, 0.25) is 0 Å². The standard InChI is InChI=1S/C19H20N2O3S/c1-25(23,24)21-11-10-14-12-15(7-9-18(14)21)19(22)20-17-8-6-13-4-2-3-5-16(13)17/h2-5,7,9,12,17H,6,8,10-11H2,1H3,(H,20,22)/t17-/m0/s1. The van der Waals surface area contributed by atoms with Crippen LogP contribution in [0.15, 0.2) is 42.5 Å². The molecule has 1 aliphatic heterocycles. The van der Waals surface area contributed by atoms with E-state index in [1.54, 1.807) is 12.1 Å². The van der Waals surface area contributed by atoms with Gasteiger partial charge in [0, 0.05) is 12.1 Å². The van der Waals surface area contributed by atoms with Crippen molar-refractivity contribution in [2.45, 2.75) is 25.3 Å². The van der Waals surface area contributed by atoms with Gasteiger partial charge >= 0.3 is 0 Å². The molecule has 0 saturated carbocycles. The molecule has 25 heavy (non-hydrogen) atoms. The van der Waals surface area contributed by atoms with Gasteiger partial charge in [0.2, 0.25) is 10.0 Å². The van der Waals surface area contributed by atoms with Crippen molar-refractivity contribution in [3.63, 3.8) is 0 Å². The molecule has 0 spiro atoms. The van der Waals surface area contributed by atoms with Crippen LogP contribution in [0.5, 0.6) is 0 Å². The van der Waals surface area contributed by atoms with E-state index in [2.05, 4.69) is 17.4 Å².